The second kappa shape index (κ2) is 9.64. The van der Waals surface area contributed by atoms with E-state index in [-0.39, 0.29) is 5.91 Å². The minimum Gasteiger partial charge on any atom is -0.493 e. The first-order chi connectivity index (χ1) is 11.2. The third-order valence-corrected chi connectivity index (χ3v) is 5.67. The standard InChI is InChI=1S/C14H17N3O3S3/c1-19-10-5-3-4-6-11(10)20-8-7-15-12(18)9-22-14-17-16-13(21-2)23-14/h3-6H,7-9H2,1-2H3,(H,15,18). The number of para-hydroxylation sites is 2. The Bertz CT molecular complexity index is 636. The Hall–Kier alpha value is -1.45. The molecule has 1 heterocycles. The summed E-state index contributed by atoms with van der Waals surface area (Å²) >= 11 is 4.42. The van der Waals surface area contributed by atoms with E-state index in [9.17, 15) is 4.79 Å². The molecular formula is C14H17N3O3S3. The number of benzene rings is 1. The number of hydrogen-bond donors (Lipinski definition) is 1. The molecule has 23 heavy (non-hydrogen) atoms. The lowest BCUT2D eigenvalue weighted by atomic mass is 10.3. The second-order valence-corrected chi connectivity index (χ2v) is 7.43. The van der Waals surface area contributed by atoms with E-state index < -0.39 is 0 Å². The Morgan fingerprint density at radius 3 is 2.70 bits per heavy atom. The number of carbonyl (C=O) groups is 1. The lowest BCUT2D eigenvalue weighted by Crippen LogP contribution is -2.29. The molecule has 2 rings (SSSR count). The predicted molar refractivity (Wildman–Crippen MR) is 93.9 cm³/mol. The van der Waals surface area contributed by atoms with Gasteiger partial charge < -0.3 is 14.8 Å². The van der Waals surface area contributed by atoms with Crippen molar-refractivity contribution in [2.24, 2.45) is 0 Å². The molecule has 1 amide bonds. The van der Waals surface area contributed by atoms with Gasteiger partial charge in [-0.1, -0.05) is 47.0 Å². The number of amides is 1. The molecule has 0 saturated carbocycles. The van der Waals surface area contributed by atoms with Gasteiger partial charge in [-0.05, 0) is 18.4 Å². The zero-order valence-electron chi connectivity index (χ0n) is 12.8. The van der Waals surface area contributed by atoms with Crippen LogP contribution in [0.5, 0.6) is 11.5 Å². The maximum absolute atomic E-state index is 11.8. The van der Waals surface area contributed by atoms with Crippen LogP contribution in [0.4, 0.5) is 0 Å². The van der Waals surface area contributed by atoms with Crippen molar-refractivity contribution in [2.45, 2.75) is 8.68 Å². The summed E-state index contributed by atoms with van der Waals surface area (Å²) in [6.45, 7) is 0.815. The summed E-state index contributed by atoms with van der Waals surface area (Å²) in [5.41, 5.74) is 0. The highest BCUT2D eigenvalue weighted by molar-refractivity contribution is 8.03. The molecule has 0 bridgehead atoms. The van der Waals surface area contributed by atoms with Crippen molar-refractivity contribution in [3.05, 3.63) is 24.3 Å². The monoisotopic (exact) mass is 371 g/mol. The highest BCUT2D eigenvalue weighted by Crippen LogP contribution is 2.27. The van der Waals surface area contributed by atoms with Crippen LogP contribution in [-0.2, 0) is 4.79 Å². The molecule has 2 aromatic rings. The van der Waals surface area contributed by atoms with Crippen molar-refractivity contribution in [3.63, 3.8) is 0 Å². The minimum atomic E-state index is -0.0560. The summed E-state index contributed by atoms with van der Waals surface area (Å²) in [5.74, 6) is 1.60. The van der Waals surface area contributed by atoms with Gasteiger partial charge in [-0.2, -0.15) is 0 Å². The molecule has 9 heteroatoms. The van der Waals surface area contributed by atoms with Crippen molar-refractivity contribution in [1.82, 2.24) is 15.5 Å². The van der Waals surface area contributed by atoms with Crippen LogP contribution in [0.2, 0.25) is 0 Å². The summed E-state index contributed by atoms with van der Waals surface area (Å²) in [7, 11) is 1.59. The molecule has 0 saturated heterocycles. The van der Waals surface area contributed by atoms with E-state index >= 15 is 0 Å². The van der Waals surface area contributed by atoms with Gasteiger partial charge in [-0.15, -0.1) is 10.2 Å². The number of nitrogens with zero attached hydrogens (tertiary/aromatic N) is 2. The van der Waals surface area contributed by atoms with E-state index in [1.54, 1.807) is 18.9 Å². The summed E-state index contributed by atoms with van der Waals surface area (Å²) in [4.78, 5) is 11.8. The van der Waals surface area contributed by atoms with Gasteiger partial charge in [0.15, 0.2) is 20.2 Å². The molecule has 0 aliphatic rings. The molecule has 1 N–H and O–H groups in total. The molecule has 0 unspecified atom stereocenters. The lowest BCUT2D eigenvalue weighted by molar-refractivity contribution is -0.118. The Kier molecular flexibility index (Phi) is 7.50. The Labute approximate surface area is 147 Å². The summed E-state index contributed by atoms with van der Waals surface area (Å²) in [6.07, 6.45) is 1.95. The van der Waals surface area contributed by atoms with Gasteiger partial charge in [0.1, 0.15) is 6.61 Å². The average Bonchev–Trinajstić information content (AvgIpc) is 3.05. The van der Waals surface area contributed by atoms with E-state index in [1.165, 1.54) is 23.1 Å². The number of rotatable bonds is 9. The highest BCUT2D eigenvalue weighted by atomic mass is 32.2. The molecular weight excluding hydrogens is 354 g/mol. The zero-order valence-corrected chi connectivity index (χ0v) is 15.2. The van der Waals surface area contributed by atoms with Gasteiger partial charge in [0, 0.05) is 0 Å². The molecule has 0 aliphatic carbocycles. The van der Waals surface area contributed by atoms with Crippen molar-refractivity contribution in [3.8, 4) is 11.5 Å². The molecule has 0 aliphatic heterocycles. The summed E-state index contributed by atoms with van der Waals surface area (Å²) in [6, 6.07) is 7.41. The fourth-order valence-electron chi connectivity index (χ4n) is 1.61. The summed E-state index contributed by atoms with van der Waals surface area (Å²) in [5, 5.41) is 10.8. The average molecular weight is 372 g/mol. The lowest BCUT2D eigenvalue weighted by Gasteiger charge is -2.10. The molecule has 0 radical (unpaired) electrons. The van der Waals surface area contributed by atoms with Crippen LogP contribution >= 0.6 is 34.9 Å². The van der Waals surface area contributed by atoms with Gasteiger partial charge in [-0.3, -0.25) is 4.79 Å². The highest BCUT2D eigenvalue weighted by Gasteiger charge is 2.08. The first-order valence-corrected chi connectivity index (χ1v) is 9.78. The van der Waals surface area contributed by atoms with Crippen LogP contribution < -0.4 is 14.8 Å². The van der Waals surface area contributed by atoms with Crippen LogP contribution in [0.25, 0.3) is 0 Å². The molecule has 1 aromatic carbocycles. The van der Waals surface area contributed by atoms with Gasteiger partial charge in [0.2, 0.25) is 5.91 Å². The van der Waals surface area contributed by atoms with Crippen molar-refractivity contribution >= 4 is 40.8 Å². The van der Waals surface area contributed by atoms with Gasteiger partial charge in [0.25, 0.3) is 0 Å². The van der Waals surface area contributed by atoms with E-state index in [1.807, 2.05) is 30.5 Å². The topological polar surface area (TPSA) is 73.3 Å². The van der Waals surface area contributed by atoms with Crippen LogP contribution in [0.3, 0.4) is 0 Å². The number of ether oxygens (including phenoxy) is 2. The number of aromatic nitrogens is 2. The van der Waals surface area contributed by atoms with Crippen molar-refractivity contribution in [2.75, 3.05) is 32.3 Å². The first kappa shape index (κ1) is 17.9. The number of hydrogen-bond acceptors (Lipinski definition) is 8. The number of thioether (sulfide) groups is 2. The normalized spacial score (nSPS) is 10.3. The van der Waals surface area contributed by atoms with E-state index in [2.05, 4.69) is 15.5 Å². The zero-order chi connectivity index (χ0) is 16.5. The first-order valence-electron chi connectivity index (χ1n) is 6.75. The van der Waals surface area contributed by atoms with Gasteiger partial charge in [-0.25, -0.2) is 0 Å². The maximum atomic E-state index is 11.8. The van der Waals surface area contributed by atoms with Crippen LogP contribution in [0.15, 0.2) is 32.9 Å². The van der Waals surface area contributed by atoms with Crippen molar-refractivity contribution in [1.29, 1.82) is 0 Å². The Balaban J connectivity index is 1.64. The Morgan fingerprint density at radius 2 is 2.00 bits per heavy atom. The predicted octanol–water partition coefficient (Wildman–Crippen LogP) is 2.56. The molecule has 0 spiro atoms. The smallest absolute Gasteiger partial charge is 0.230 e. The molecule has 6 nitrogen and oxygen atoms in total. The number of carbonyl (C=O) groups excluding carboxylic acids is 1. The third-order valence-electron chi connectivity index (χ3n) is 2.64. The van der Waals surface area contributed by atoms with E-state index in [4.69, 9.17) is 9.47 Å². The van der Waals surface area contributed by atoms with Crippen molar-refractivity contribution < 1.29 is 14.3 Å². The van der Waals surface area contributed by atoms with Crippen LogP contribution in [0, 0.1) is 0 Å². The molecule has 1 aromatic heterocycles. The fraction of sp³-hybridized carbons (Fsp3) is 0.357. The SMILES string of the molecule is COc1ccccc1OCCNC(=O)CSc1nnc(SC)s1. The van der Waals surface area contributed by atoms with E-state index in [0.29, 0.717) is 30.4 Å². The minimum absolute atomic E-state index is 0.0560. The Morgan fingerprint density at radius 1 is 1.26 bits per heavy atom. The fourth-order valence-corrected chi connectivity index (χ4v) is 3.87. The molecule has 0 atom stereocenters. The van der Waals surface area contributed by atoms with Crippen LogP contribution in [-0.4, -0.2) is 48.4 Å². The summed E-state index contributed by atoms with van der Waals surface area (Å²) < 4.78 is 12.5. The third kappa shape index (κ3) is 5.92. The largest absolute Gasteiger partial charge is 0.493 e. The molecule has 124 valence electrons. The van der Waals surface area contributed by atoms with Gasteiger partial charge in [0.05, 0.1) is 19.4 Å². The molecule has 0 fully saturated rings. The van der Waals surface area contributed by atoms with E-state index in [0.717, 1.165) is 8.68 Å². The van der Waals surface area contributed by atoms with Gasteiger partial charge >= 0.3 is 0 Å². The quantitative estimate of drug-likeness (QED) is 0.536. The number of methoxy groups -OCH3 is 1. The number of nitrogens with one attached hydrogen (secondary N) is 1. The second-order valence-electron chi connectivity index (χ2n) is 4.18. The maximum Gasteiger partial charge on any atom is 0.230 e. The van der Waals surface area contributed by atoms with Crippen LogP contribution in [0.1, 0.15) is 0 Å².